The lowest BCUT2D eigenvalue weighted by molar-refractivity contribution is -0.143. The number of halogens is 6. The van der Waals surface area contributed by atoms with Crippen LogP contribution in [0.1, 0.15) is 54.3 Å². The molecule has 0 fully saturated rings. The Labute approximate surface area is 280 Å². The number of hydrogen-bond acceptors (Lipinski definition) is 6. The van der Waals surface area contributed by atoms with Crippen molar-refractivity contribution < 1.29 is 45.0 Å². The summed E-state index contributed by atoms with van der Waals surface area (Å²) in [7, 11) is 1.27. The van der Waals surface area contributed by atoms with Crippen molar-refractivity contribution in [1.29, 1.82) is 0 Å². The van der Waals surface area contributed by atoms with Crippen LogP contribution >= 0.6 is 11.3 Å². The van der Waals surface area contributed by atoms with Gasteiger partial charge in [0.1, 0.15) is 17.9 Å². The van der Waals surface area contributed by atoms with Crippen LogP contribution in [0.15, 0.2) is 76.7 Å². The fourth-order valence-corrected chi connectivity index (χ4v) is 6.43. The van der Waals surface area contributed by atoms with E-state index in [9.17, 15) is 31.1 Å². The number of thiazole rings is 1. The zero-order chi connectivity index (χ0) is 35.3. The van der Waals surface area contributed by atoms with Crippen molar-refractivity contribution in [3.8, 4) is 16.5 Å². The van der Waals surface area contributed by atoms with Crippen LogP contribution in [0.25, 0.3) is 32.6 Å². The van der Waals surface area contributed by atoms with E-state index in [-0.39, 0.29) is 29.2 Å². The SMILES string of the molecule is COC(=O)Cc1cn(Cc2ccc3oc(-c4nc(C(C)(C)C)cs4)cc3c2)c2ccc(OCc3cc(C(F)(F)F)cc(C(F)(F)F)c3)cc12. The lowest BCUT2D eigenvalue weighted by Crippen LogP contribution is -2.12. The monoisotopic (exact) mass is 700 g/mol. The lowest BCUT2D eigenvalue weighted by atomic mass is 9.93. The second kappa shape index (κ2) is 12.6. The minimum absolute atomic E-state index is 0.0689. The lowest BCUT2D eigenvalue weighted by Gasteiger charge is -2.15. The number of nitrogens with zero attached hydrogens (tertiary/aromatic N) is 2. The number of hydrogen-bond donors (Lipinski definition) is 0. The maximum atomic E-state index is 13.3. The predicted molar refractivity (Wildman–Crippen MR) is 174 cm³/mol. The first-order valence-corrected chi connectivity index (χ1v) is 15.9. The van der Waals surface area contributed by atoms with Crippen LogP contribution in [0.4, 0.5) is 26.3 Å². The van der Waals surface area contributed by atoms with E-state index < -0.39 is 36.1 Å². The molecular formula is C36H30F6N2O4S. The maximum absolute atomic E-state index is 13.3. The van der Waals surface area contributed by atoms with Crippen molar-refractivity contribution in [2.24, 2.45) is 0 Å². The Kier molecular flexibility index (Phi) is 8.76. The van der Waals surface area contributed by atoms with Gasteiger partial charge < -0.3 is 18.5 Å². The molecule has 0 aliphatic rings. The normalized spacial score (nSPS) is 12.6. The van der Waals surface area contributed by atoms with Gasteiger partial charge in [-0.25, -0.2) is 4.98 Å². The smallest absolute Gasteiger partial charge is 0.416 e. The number of alkyl halides is 6. The van der Waals surface area contributed by atoms with Gasteiger partial charge in [0.2, 0.25) is 0 Å². The highest BCUT2D eigenvalue weighted by Crippen LogP contribution is 2.37. The molecule has 0 atom stereocenters. The van der Waals surface area contributed by atoms with Crippen LogP contribution in [0.3, 0.4) is 0 Å². The Hall–Kier alpha value is -4.78. The fourth-order valence-electron chi connectivity index (χ4n) is 5.43. The molecule has 49 heavy (non-hydrogen) atoms. The predicted octanol–water partition coefficient (Wildman–Crippen LogP) is 10.2. The summed E-state index contributed by atoms with van der Waals surface area (Å²) >= 11 is 1.52. The highest BCUT2D eigenvalue weighted by molar-refractivity contribution is 7.13. The zero-order valence-corrected chi connectivity index (χ0v) is 27.6. The van der Waals surface area contributed by atoms with E-state index in [4.69, 9.17) is 18.9 Å². The maximum Gasteiger partial charge on any atom is 0.416 e. The molecule has 3 aromatic heterocycles. The quantitative estimate of drug-likeness (QED) is 0.117. The van der Waals surface area contributed by atoms with Crippen molar-refractivity contribution in [3.63, 3.8) is 0 Å². The van der Waals surface area contributed by atoms with E-state index in [1.165, 1.54) is 18.4 Å². The Morgan fingerprint density at radius 3 is 2.24 bits per heavy atom. The highest BCUT2D eigenvalue weighted by Gasteiger charge is 2.37. The van der Waals surface area contributed by atoms with Crippen LogP contribution in [0, 0.1) is 0 Å². The van der Waals surface area contributed by atoms with Crippen LogP contribution in [-0.4, -0.2) is 22.6 Å². The van der Waals surface area contributed by atoms with E-state index >= 15 is 0 Å². The minimum atomic E-state index is -4.97. The van der Waals surface area contributed by atoms with Gasteiger partial charge in [-0.3, -0.25) is 4.79 Å². The Morgan fingerprint density at radius 1 is 0.898 bits per heavy atom. The minimum Gasteiger partial charge on any atom is -0.489 e. The third-order valence-corrected chi connectivity index (χ3v) is 8.82. The summed E-state index contributed by atoms with van der Waals surface area (Å²) < 4.78 is 98.6. The molecule has 0 spiro atoms. The summed E-state index contributed by atoms with van der Waals surface area (Å²) in [4.78, 5) is 17.0. The first-order valence-electron chi connectivity index (χ1n) is 15.1. The molecule has 0 saturated carbocycles. The van der Waals surface area contributed by atoms with E-state index in [0.717, 1.165) is 27.2 Å². The molecule has 6 rings (SSSR count). The Balaban J connectivity index is 1.28. The summed E-state index contributed by atoms with van der Waals surface area (Å²) in [6.07, 6.45) is -8.20. The summed E-state index contributed by atoms with van der Waals surface area (Å²) in [5.74, 6) is 0.386. The molecule has 256 valence electrons. The van der Waals surface area contributed by atoms with Crippen molar-refractivity contribution in [2.75, 3.05) is 7.11 Å². The van der Waals surface area contributed by atoms with E-state index in [0.29, 0.717) is 41.0 Å². The van der Waals surface area contributed by atoms with Crippen molar-refractivity contribution in [1.82, 2.24) is 9.55 Å². The largest absolute Gasteiger partial charge is 0.489 e. The summed E-state index contributed by atoms with van der Waals surface area (Å²) in [5.41, 5.74) is 0.754. The Morgan fingerprint density at radius 2 is 1.61 bits per heavy atom. The van der Waals surface area contributed by atoms with Crippen molar-refractivity contribution in [2.45, 2.75) is 58.1 Å². The molecule has 0 saturated heterocycles. The molecule has 3 heterocycles. The standard InChI is InChI=1S/C36H30F6N2O4S/c1-34(2,3)31-19-49-33(43-31)30-12-22-9-20(5-8-29(22)48-30)16-44-17-23(13-32(45)46-4)27-15-26(6-7-28(27)44)47-18-21-10-24(35(37,38)39)14-25(11-21)36(40,41)42/h5-12,14-15,17,19H,13,16,18H2,1-4H3. The van der Waals surface area contributed by atoms with Crippen LogP contribution in [0.5, 0.6) is 5.75 Å². The van der Waals surface area contributed by atoms with Gasteiger partial charge in [0, 0.05) is 39.8 Å². The molecule has 0 aliphatic heterocycles. The second-order valence-corrected chi connectivity index (χ2v) is 13.5. The van der Waals surface area contributed by atoms with Crippen molar-refractivity contribution in [3.05, 3.63) is 106 Å². The topological polar surface area (TPSA) is 66.5 Å². The average Bonchev–Trinajstić information content (AvgIpc) is 3.76. The number of carbonyl (C=O) groups excluding carboxylic acids is 1. The number of furan rings is 1. The van der Waals surface area contributed by atoms with Gasteiger partial charge in [-0.2, -0.15) is 26.3 Å². The molecule has 13 heteroatoms. The van der Waals surface area contributed by atoms with Gasteiger partial charge in [0.15, 0.2) is 10.8 Å². The molecular weight excluding hydrogens is 670 g/mol. The number of esters is 1. The fraction of sp³-hybridized carbons (Fsp3) is 0.278. The van der Waals surface area contributed by atoms with E-state index in [1.807, 2.05) is 40.4 Å². The summed E-state index contributed by atoms with van der Waals surface area (Å²) in [5, 5.41) is 4.33. The number of rotatable bonds is 8. The number of fused-ring (bicyclic) bond motifs is 2. The van der Waals surface area contributed by atoms with Crippen molar-refractivity contribution >= 4 is 39.2 Å². The van der Waals surface area contributed by atoms with Crippen LogP contribution < -0.4 is 4.74 Å². The molecule has 6 nitrogen and oxygen atoms in total. The van der Waals surface area contributed by atoms with E-state index in [2.05, 4.69) is 20.8 Å². The van der Waals surface area contributed by atoms with Crippen LogP contribution in [-0.2, 0) is 46.9 Å². The van der Waals surface area contributed by atoms with Gasteiger partial charge in [-0.1, -0.05) is 26.8 Å². The first kappa shape index (κ1) is 34.1. The molecule has 0 radical (unpaired) electrons. The summed E-state index contributed by atoms with van der Waals surface area (Å²) in [6, 6.07) is 14.0. The number of methoxy groups -OCH3 is 1. The zero-order valence-electron chi connectivity index (χ0n) is 26.8. The average molecular weight is 701 g/mol. The second-order valence-electron chi connectivity index (χ2n) is 12.7. The van der Waals surface area contributed by atoms with Gasteiger partial charge in [0.25, 0.3) is 0 Å². The van der Waals surface area contributed by atoms with Gasteiger partial charge in [-0.15, -0.1) is 11.3 Å². The molecule has 6 aromatic rings. The number of carbonyl (C=O) groups is 1. The third-order valence-electron chi connectivity index (χ3n) is 7.97. The summed E-state index contributed by atoms with van der Waals surface area (Å²) in [6.45, 7) is 6.18. The molecule has 0 N–H and O–H groups in total. The molecule has 0 amide bonds. The first-order chi connectivity index (χ1) is 23.0. The van der Waals surface area contributed by atoms with E-state index in [1.54, 1.807) is 18.2 Å². The van der Waals surface area contributed by atoms with Crippen LogP contribution in [0.2, 0.25) is 0 Å². The number of ether oxygens (including phenoxy) is 2. The molecule has 0 aliphatic carbocycles. The van der Waals surface area contributed by atoms with Gasteiger partial charge in [-0.05, 0) is 71.3 Å². The number of aromatic nitrogens is 2. The number of benzene rings is 3. The third kappa shape index (κ3) is 7.46. The molecule has 0 unspecified atom stereocenters. The van der Waals surface area contributed by atoms with Gasteiger partial charge >= 0.3 is 18.3 Å². The Bertz CT molecular complexity index is 2140. The molecule has 0 bridgehead atoms. The molecule has 3 aromatic carbocycles. The van der Waals surface area contributed by atoms with Gasteiger partial charge in [0.05, 0.1) is 30.4 Å². The highest BCUT2D eigenvalue weighted by atomic mass is 32.1.